The quantitative estimate of drug-likeness (QED) is 0.788. The van der Waals surface area contributed by atoms with Crippen LogP contribution in [-0.4, -0.2) is 29.6 Å². The number of benzene rings is 1. The smallest absolute Gasteiger partial charge is 0.263 e. The van der Waals surface area contributed by atoms with E-state index in [4.69, 9.17) is 0 Å². The largest absolute Gasteiger partial charge is 0.349 e. The van der Waals surface area contributed by atoms with Gasteiger partial charge >= 0.3 is 0 Å². The van der Waals surface area contributed by atoms with Crippen molar-refractivity contribution in [1.29, 1.82) is 0 Å². The number of nitrogens with one attached hydrogen (secondary N) is 2. The minimum atomic E-state index is -0.217. The first-order chi connectivity index (χ1) is 13.6. The maximum Gasteiger partial charge on any atom is 0.263 e. The summed E-state index contributed by atoms with van der Waals surface area (Å²) in [4.78, 5) is 25.8. The first-order valence-corrected chi connectivity index (χ1v) is 10.3. The van der Waals surface area contributed by atoms with Crippen LogP contribution in [0.25, 0.3) is 0 Å². The molecule has 2 N–H and O–H groups in total. The number of pyridine rings is 1. The van der Waals surface area contributed by atoms with E-state index in [1.807, 2.05) is 31.2 Å². The van der Waals surface area contributed by atoms with Crippen molar-refractivity contribution in [3.63, 3.8) is 0 Å². The third-order valence-corrected chi connectivity index (χ3v) is 6.44. The number of carbonyl (C=O) groups is 1. The van der Waals surface area contributed by atoms with E-state index < -0.39 is 0 Å². The Morgan fingerprint density at radius 1 is 1.17 bits per heavy atom. The zero-order valence-corrected chi connectivity index (χ0v) is 17.8. The van der Waals surface area contributed by atoms with Crippen molar-refractivity contribution in [1.82, 2.24) is 15.2 Å². The topological polar surface area (TPSA) is 63.1 Å². The highest BCUT2D eigenvalue weighted by atomic mass is 35.5. The normalized spacial score (nSPS) is 18.0. The molecule has 5 nitrogen and oxygen atoms in total. The molecule has 29 heavy (non-hydrogen) atoms. The van der Waals surface area contributed by atoms with Gasteiger partial charge in [0.15, 0.2) is 0 Å². The summed E-state index contributed by atoms with van der Waals surface area (Å²) >= 11 is 0. The number of nitrogens with zero attached hydrogens (tertiary/aromatic N) is 1. The number of hydrogen-bond acceptors (Lipinski definition) is 3. The Hall–Kier alpha value is -2.11. The van der Waals surface area contributed by atoms with Gasteiger partial charge in [0, 0.05) is 18.8 Å². The van der Waals surface area contributed by atoms with Gasteiger partial charge in [-0.15, -0.1) is 12.4 Å². The van der Waals surface area contributed by atoms with Crippen molar-refractivity contribution in [2.45, 2.75) is 51.6 Å². The van der Waals surface area contributed by atoms with Crippen LogP contribution in [0, 0.1) is 12.3 Å². The Bertz CT molecular complexity index is 896. The SMILES string of the molecule is Cc1ccn(CCc2ccccc2)c(=O)c1C(=O)NC1CC2(CCNCC2)C1.Cl. The van der Waals surface area contributed by atoms with E-state index in [1.54, 1.807) is 10.8 Å². The van der Waals surface area contributed by atoms with Crippen molar-refractivity contribution in [3.05, 3.63) is 69.6 Å². The number of amides is 1. The Kier molecular flexibility index (Phi) is 6.81. The van der Waals surface area contributed by atoms with Gasteiger partial charge in [0.1, 0.15) is 5.56 Å². The van der Waals surface area contributed by atoms with Gasteiger partial charge in [-0.1, -0.05) is 30.3 Å². The molecule has 0 bridgehead atoms. The highest BCUT2D eigenvalue weighted by Gasteiger charge is 2.45. The van der Waals surface area contributed by atoms with Gasteiger partial charge in [-0.3, -0.25) is 9.59 Å². The molecule has 0 atom stereocenters. The first-order valence-electron chi connectivity index (χ1n) is 10.3. The fourth-order valence-electron chi connectivity index (χ4n) is 4.72. The predicted octanol–water partition coefficient (Wildman–Crippen LogP) is 3.08. The van der Waals surface area contributed by atoms with Gasteiger partial charge in [0.25, 0.3) is 11.5 Å². The maximum absolute atomic E-state index is 12.9. The third-order valence-electron chi connectivity index (χ3n) is 6.44. The standard InChI is InChI=1S/C23H29N3O2.ClH/c1-17-7-13-26(14-8-18-5-3-2-4-6-18)22(28)20(17)21(27)25-19-15-23(16-19)9-11-24-12-10-23;/h2-7,13,19,24H,8-12,14-16H2,1H3,(H,25,27);1H. The van der Waals surface area contributed by atoms with Crippen molar-refractivity contribution >= 4 is 18.3 Å². The van der Waals surface area contributed by atoms with Crippen LogP contribution in [0.1, 0.15) is 47.2 Å². The molecule has 4 rings (SSSR count). The summed E-state index contributed by atoms with van der Waals surface area (Å²) in [6, 6.07) is 12.2. The van der Waals surface area contributed by atoms with Crippen LogP contribution in [0.5, 0.6) is 0 Å². The Morgan fingerprint density at radius 3 is 2.55 bits per heavy atom. The summed E-state index contributed by atoms with van der Waals surface area (Å²) in [5, 5.41) is 6.52. The molecule has 2 aromatic rings. The zero-order valence-electron chi connectivity index (χ0n) is 16.9. The van der Waals surface area contributed by atoms with Gasteiger partial charge < -0.3 is 15.2 Å². The molecule has 1 aliphatic carbocycles. The van der Waals surface area contributed by atoms with Crippen molar-refractivity contribution in [2.24, 2.45) is 5.41 Å². The van der Waals surface area contributed by atoms with Gasteiger partial charge in [-0.05, 0) is 74.7 Å². The predicted molar refractivity (Wildman–Crippen MR) is 118 cm³/mol. The maximum atomic E-state index is 12.9. The lowest BCUT2D eigenvalue weighted by atomic mass is 9.60. The molecule has 1 aliphatic heterocycles. The van der Waals surface area contributed by atoms with Gasteiger partial charge in [0.05, 0.1) is 0 Å². The summed E-state index contributed by atoms with van der Waals surface area (Å²) in [5.41, 5.74) is 2.44. The molecule has 1 spiro atoms. The van der Waals surface area contributed by atoms with E-state index in [2.05, 4.69) is 22.8 Å². The fraction of sp³-hybridized carbons (Fsp3) is 0.478. The molecule has 2 heterocycles. The van der Waals surface area contributed by atoms with Crippen molar-refractivity contribution < 1.29 is 4.79 Å². The molecule has 2 aliphatic rings. The lowest BCUT2D eigenvalue weighted by Gasteiger charge is -2.50. The van der Waals surface area contributed by atoms with Crippen molar-refractivity contribution in [2.75, 3.05) is 13.1 Å². The molecule has 1 amide bonds. The third kappa shape index (κ3) is 4.73. The van der Waals surface area contributed by atoms with Crippen molar-refractivity contribution in [3.8, 4) is 0 Å². The Balaban J connectivity index is 0.00000240. The second kappa shape index (κ2) is 9.14. The van der Waals surface area contributed by atoms with E-state index >= 15 is 0 Å². The van der Waals surface area contributed by atoms with E-state index in [0.717, 1.165) is 37.9 Å². The number of carbonyl (C=O) groups excluding carboxylic acids is 1. The monoisotopic (exact) mass is 415 g/mol. The van der Waals surface area contributed by atoms with Gasteiger partial charge in [-0.2, -0.15) is 0 Å². The lowest BCUT2D eigenvalue weighted by Crippen LogP contribution is -2.54. The molecule has 2 fully saturated rings. The Labute approximate surface area is 178 Å². The zero-order chi connectivity index (χ0) is 19.6. The summed E-state index contributed by atoms with van der Waals surface area (Å²) in [7, 11) is 0. The summed E-state index contributed by atoms with van der Waals surface area (Å²) in [5.74, 6) is -0.217. The van der Waals surface area contributed by atoms with Crippen LogP contribution in [0.2, 0.25) is 0 Å². The number of halogens is 1. The minimum absolute atomic E-state index is 0. The average molecular weight is 416 g/mol. The van der Waals surface area contributed by atoms with Crippen LogP contribution in [-0.2, 0) is 13.0 Å². The second-order valence-electron chi connectivity index (χ2n) is 8.44. The van der Waals surface area contributed by atoms with Crippen LogP contribution < -0.4 is 16.2 Å². The highest BCUT2D eigenvalue weighted by Crippen LogP contribution is 2.47. The average Bonchev–Trinajstić information content (AvgIpc) is 2.68. The highest BCUT2D eigenvalue weighted by molar-refractivity contribution is 5.95. The fourth-order valence-corrected chi connectivity index (χ4v) is 4.72. The molecule has 6 heteroatoms. The minimum Gasteiger partial charge on any atom is -0.349 e. The van der Waals surface area contributed by atoms with Crippen LogP contribution in [0.15, 0.2) is 47.4 Å². The van der Waals surface area contributed by atoms with Gasteiger partial charge in [-0.25, -0.2) is 0 Å². The van der Waals surface area contributed by atoms with Crippen LogP contribution >= 0.6 is 12.4 Å². The van der Waals surface area contributed by atoms with Crippen LogP contribution in [0.3, 0.4) is 0 Å². The molecule has 1 aromatic carbocycles. The molecule has 0 unspecified atom stereocenters. The molecular formula is C23H30ClN3O2. The summed E-state index contributed by atoms with van der Waals surface area (Å²) in [6.07, 6.45) is 7.02. The van der Waals surface area contributed by atoms with E-state index in [9.17, 15) is 9.59 Å². The molecule has 0 radical (unpaired) electrons. The van der Waals surface area contributed by atoms with E-state index in [0.29, 0.717) is 17.5 Å². The molecule has 1 aromatic heterocycles. The van der Waals surface area contributed by atoms with E-state index in [-0.39, 0.29) is 29.9 Å². The number of rotatable bonds is 5. The number of hydrogen-bond donors (Lipinski definition) is 2. The van der Waals surface area contributed by atoms with Gasteiger partial charge in [0.2, 0.25) is 0 Å². The molecule has 156 valence electrons. The summed E-state index contributed by atoms with van der Waals surface area (Å²) < 4.78 is 1.66. The summed E-state index contributed by atoms with van der Waals surface area (Å²) in [6.45, 7) is 4.56. The van der Waals surface area contributed by atoms with Crippen LogP contribution in [0.4, 0.5) is 0 Å². The Morgan fingerprint density at radius 2 is 1.86 bits per heavy atom. The molecular weight excluding hydrogens is 386 g/mol. The number of aromatic nitrogens is 1. The molecule has 1 saturated carbocycles. The first kappa shape index (κ1) is 21.6. The molecule has 1 saturated heterocycles. The number of piperidine rings is 1. The van der Waals surface area contributed by atoms with E-state index in [1.165, 1.54) is 18.4 Å². The number of aryl methyl sites for hydroxylation is 3. The second-order valence-corrected chi connectivity index (χ2v) is 8.44. The lowest BCUT2D eigenvalue weighted by molar-refractivity contribution is 0.0422.